The van der Waals surface area contributed by atoms with Gasteiger partial charge in [0.05, 0.1) is 17.5 Å². The summed E-state index contributed by atoms with van der Waals surface area (Å²) in [6, 6.07) is 4.71. The summed E-state index contributed by atoms with van der Waals surface area (Å²) in [6.45, 7) is 14.0. The second kappa shape index (κ2) is 16.8. The van der Waals surface area contributed by atoms with Crippen LogP contribution in [0, 0.1) is 11.2 Å². The molecule has 2 saturated carbocycles. The molecule has 1 spiro atoms. The minimum atomic E-state index is -2.81. The molecule has 0 radical (unpaired) electrons. The Morgan fingerprint density at radius 3 is 2.46 bits per heavy atom. The molecule has 2 N–H and O–H groups in total. The zero-order valence-corrected chi connectivity index (χ0v) is 31.2. The first kappa shape index (κ1) is 39.2. The molecule has 1 unspecified atom stereocenters. The van der Waals surface area contributed by atoms with Crippen molar-refractivity contribution >= 4 is 11.7 Å². The first-order valence-electron chi connectivity index (χ1n) is 18.8. The molecule has 2 aliphatic heterocycles. The summed E-state index contributed by atoms with van der Waals surface area (Å²) in [7, 11) is 0. The van der Waals surface area contributed by atoms with E-state index in [9.17, 15) is 23.1 Å². The van der Waals surface area contributed by atoms with Gasteiger partial charge in [0.15, 0.2) is 11.6 Å². The van der Waals surface area contributed by atoms with Crippen LogP contribution in [0.4, 0.5) is 19.0 Å². The fourth-order valence-corrected chi connectivity index (χ4v) is 7.80. The highest BCUT2D eigenvalue weighted by molar-refractivity contribution is 5.97. The number of halogens is 3. The molecule has 1 amide bonds. The quantitative estimate of drug-likeness (QED) is 0.207. The number of benzene rings is 1. The molecule has 1 saturated heterocycles. The maximum atomic E-state index is 14.4. The van der Waals surface area contributed by atoms with E-state index in [2.05, 4.69) is 25.2 Å². The van der Waals surface area contributed by atoms with Crippen LogP contribution in [0.3, 0.4) is 0 Å². The second-order valence-corrected chi connectivity index (χ2v) is 14.0. The molecule has 0 bridgehead atoms. The number of nitrogens with one attached hydrogen (secondary N) is 1. The summed E-state index contributed by atoms with van der Waals surface area (Å²) in [5.74, 6) is -2.16. The number of anilines is 1. The van der Waals surface area contributed by atoms with Gasteiger partial charge >= 0.3 is 0 Å². The Bertz CT molecular complexity index is 1650. The molecule has 1 atom stereocenters. The zero-order chi connectivity index (χ0) is 37.6. The fraction of sp³-hybridized carbons (Fsp3) is 0.590. The molecule has 4 heterocycles. The third-order valence-corrected chi connectivity index (χ3v) is 10.1. The van der Waals surface area contributed by atoms with Crippen molar-refractivity contribution in [3.63, 3.8) is 0 Å². The highest BCUT2D eigenvalue weighted by atomic mass is 19.3. The lowest BCUT2D eigenvalue weighted by Gasteiger charge is -2.59. The Balaban J connectivity index is 0.00000126. The standard InChI is InChI=1S/C35H41F3N6O4.2C2H6/c1-21(2)44(23-13-35(37,38)14-23)33(46)25-12-22(36)5-6-28(25)48-30-17-39-20-42-32(30)43-18-34(19-43)15-24(16-34)47-29-8-10-41-27-7-9-40-26(31(27)29)4-3-11-45;2*1-2/h5-6,8,10,12,17,20-21,23-24,26,40,45H,3-4,7,9,11,13-16,18-19H2,1-2H3;2*1-2H3. The lowest BCUT2D eigenvalue weighted by atomic mass is 9.61. The first-order chi connectivity index (χ1) is 25.0. The lowest BCUT2D eigenvalue weighted by molar-refractivity contribution is -0.120. The molecular weight excluding hydrogens is 673 g/mol. The number of carbonyl (C=O) groups excluding carboxylic acids is 1. The number of carbonyl (C=O) groups is 1. The van der Waals surface area contributed by atoms with Gasteiger partial charge in [-0.25, -0.2) is 23.1 Å². The molecule has 3 fully saturated rings. The number of amides is 1. The van der Waals surface area contributed by atoms with Crippen LogP contribution in [0.25, 0.3) is 0 Å². The fourth-order valence-electron chi connectivity index (χ4n) is 7.80. The molecule has 4 aliphatic rings. The van der Waals surface area contributed by atoms with Crippen molar-refractivity contribution in [1.82, 2.24) is 25.2 Å². The van der Waals surface area contributed by atoms with Gasteiger partial charge in [-0.3, -0.25) is 9.78 Å². The Morgan fingerprint density at radius 1 is 1.06 bits per heavy atom. The molecule has 10 nitrogen and oxygen atoms in total. The van der Waals surface area contributed by atoms with E-state index in [0.717, 1.165) is 68.4 Å². The molecular formula is C39H53F3N6O4. The molecule has 52 heavy (non-hydrogen) atoms. The van der Waals surface area contributed by atoms with Gasteiger partial charge < -0.3 is 29.7 Å². The maximum Gasteiger partial charge on any atom is 0.258 e. The lowest BCUT2D eigenvalue weighted by Crippen LogP contribution is -2.65. The smallest absolute Gasteiger partial charge is 0.258 e. The van der Waals surface area contributed by atoms with Gasteiger partial charge in [-0.2, -0.15) is 0 Å². The van der Waals surface area contributed by atoms with Gasteiger partial charge in [-0.05, 0) is 63.8 Å². The van der Waals surface area contributed by atoms with Crippen LogP contribution in [-0.2, 0) is 6.42 Å². The number of nitrogens with zero attached hydrogens (tertiary/aromatic N) is 5. The summed E-state index contributed by atoms with van der Waals surface area (Å²) in [5.41, 5.74) is 2.20. The SMILES string of the molecule is CC.CC.CC(C)N(C(=O)c1cc(F)ccc1Oc1cncnc1N1CC2(CC(Oc3ccnc4c3C(CCCO)NCC4)C2)C1)C1CC(F)(F)C1. The van der Waals surface area contributed by atoms with E-state index in [-0.39, 0.29) is 41.5 Å². The summed E-state index contributed by atoms with van der Waals surface area (Å²) in [6.07, 6.45) is 8.14. The largest absolute Gasteiger partial charge is 0.490 e. The Labute approximate surface area is 305 Å². The van der Waals surface area contributed by atoms with Crippen LogP contribution in [0.15, 0.2) is 43.0 Å². The van der Waals surface area contributed by atoms with Crippen molar-refractivity contribution in [2.45, 2.75) is 117 Å². The molecule has 2 aliphatic carbocycles. The van der Waals surface area contributed by atoms with Crippen LogP contribution in [0.2, 0.25) is 0 Å². The topological polar surface area (TPSA) is 113 Å². The summed E-state index contributed by atoms with van der Waals surface area (Å²) in [4.78, 5) is 30.4. The van der Waals surface area contributed by atoms with E-state index in [4.69, 9.17) is 9.47 Å². The van der Waals surface area contributed by atoms with E-state index in [1.165, 1.54) is 29.6 Å². The van der Waals surface area contributed by atoms with Gasteiger partial charge in [-0.15, -0.1) is 0 Å². The van der Waals surface area contributed by atoms with Crippen molar-refractivity contribution < 1.29 is 32.5 Å². The van der Waals surface area contributed by atoms with Crippen LogP contribution in [-0.4, -0.2) is 81.2 Å². The molecule has 1 aromatic carbocycles. The second-order valence-electron chi connectivity index (χ2n) is 14.0. The average molecular weight is 727 g/mol. The number of hydrogen-bond acceptors (Lipinski definition) is 9. The van der Waals surface area contributed by atoms with Gasteiger partial charge in [0.1, 0.15) is 29.7 Å². The van der Waals surface area contributed by atoms with E-state index in [1.807, 2.05) is 40.0 Å². The van der Waals surface area contributed by atoms with Gasteiger partial charge in [-0.1, -0.05) is 27.7 Å². The monoisotopic (exact) mass is 726 g/mol. The Morgan fingerprint density at radius 2 is 1.79 bits per heavy atom. The first-order valence-corrected chi connectivity index (χ1v) is 18.8. The normalized spacial score (nSPS) is 19.8. The van der Waals surface area contributed by atoms with Crippen molar-refractivity contribution in [1.29, 1.82) is 0 Å². The minimum Gasteiger partial charge on any atom is -0.490 e. The number of alkyl halides is 2. The Hall–Kier alpha value is -3.97. The van der Waals surface area contributed by atoms with Gasteiger partial charge in [0, 0.05) is 80.8 Å². The van der Waals surface area contributed by atoms with Crippen molar-refractivity contribution in [2.24, 2.45) is 5.41 Å². The number of aliphatic hydroxyl groups excluding tert-OH is 1. The third-order valence-electron chi connectivity index (χ3n) is 10.1. The number of ether oxygens (including phenoxy) is 2. The minimum absolute atomic E-state index is 0.0418. The average Bonchev–Trinajstić information content (AvgIpc) is 3.09. The van der Waals surface area contributed by atoms with Crippen LogP contribution in [0.1, 0.15) is 108 Å². The van der Waals surface area contributed by atoms with E-state index >= 15 is 0 Å². The molecule has 13 heteroatoms. The van der Waals surface area contributed by atoms with Crippen molar-refractivity contribution in [3.05, 3.63) is 65.6 Å². The molecule has 7 rings (SSSR count). The molecule has 2 aromatic heterocycles. The number of aliphatic hydroxyl groups is 1. The summed E-state index contributed by atoms with van der Waals surface area (Å²) >= 11 is 0. The molecule has 284 valence electrons. The number of hydrogen-bond donors (Lipinski definition) is 2. The number of pyridine rings is 1. The van der Waals surface area contributed by atoms with Gasteiger partial charge in [0.25, 0.3) is 11.8 Å². The van der Waals surface area contributed by atoms with Crippen LogP contribution >= 0.6 is 0 Å². The van der Waals surface area contributed by atoms with E-state index in [1.54, 1.807) is 13.8 Å². The summed E-state index contributed by atoms with van der Waals surface area (Å²) < 4.78 is 54.6. The number of aromatic nitrogens is 3. The van der Waals surface area contributed by atoms with Gasteiger partial charge in [0.2, 0.25) is 0 Å². The van der Waals surface area contributed by atoms with Crippen molar-refractivity contribution in [3.8, 4) is 17.2 Å². The predicted molar refractivity (Wildman–Crippen MR) is 194 cm³/mol. The highest BCUT2D eigenvalue weighted by Crippen LogP contribution is 2.52. The van der Waals surface area contributed by atoms with Crippen molar-refractivity contribution in [2.75, 3.05) is 31.1 Å². The van der Waals surface area contributed by atoms with E-state index in [0.29, 0.717) is 18.0 Å². The predicted octanol–water partition coefficient (Wildman–Crippen LogP) is 7.51. The highest BCUT2D eigenvalue weighted by Gasteiger charge is 2.55. The molecule has 3 aromatic rings. The maximum absolute atomic E-state index is 14.4. The third kappa shape index (κ3) is 8.30. The van der Waals surface area contributed by atoms with E-state index < -0.39 is 36.5 Å². The van der Waals surface area contributed by atoms with Crippen LogP contribution in [0.5, 0.6) is 17.2 Å². The Kier molecular flexibility index (Phi) is 12.7. The number of rotatable bonds is 11. The van der Waals surface area contributed by atoms with Crippen LogP contribution < -0.4 is 19.7 Å². The number of fused-ring (bicyclic) bond motifs is 1. The zero-order valence-electron chi connectivity index (χ0n) is 31.2. The summed E-state index contributed by atoms with van der Waals surface area (Å²) in [5, 5.41) is 12.9.